The molecule has 3 atom stereocenters. The van der Waals surface area contributed by atoms with Crippen molar-refractivity contribution in [2.75, 3.05) is 20.3 Å². The van der Waals surface area contributed by atoms with Crippen LogP contribution in [0.25, 0.3) is 0 Å². The molecule has 0 bridgehead atoms. The number of rotatable bonds is 17. The second-order valence-electron chi connectivity index (χ2n) is 11.8. The first-order valence-electron chi connectivity index (χ1n) is 15.0. The van der Waals surface area contributed by atoms with E-state index >= 15 is 0 Å². The average Bonchev–Trinajstić information content (AvgIpc) is 2.99. The molecule has 10 nitrogen and oxygen atoms in total. The molecular formula is C32H48ClN3O7S. The number of methoxy groups -OCH3 is 1. The van der Waals surface area contributed by atoms with Crippen molar-refractivity contribution in [3.8, 4) is 0 Å². The first kappa shape index (κ1) is 37.6. The molecule has 0 fully saturated rings. The number of aliphatic hydroxyl groups excluding tert-OH is 2. The van der Waals surface area contributed by atoms with E-state index in [-0.39, 0.29) is 36.3 Å². The molecule has 4 N–H and O–H groups in total. The summed E-state index contributed by atoms with van der Waals surface area (Å²) >= 11 is 6.27. The number of sulfonamides is 1. The van der Waals surface area contributed by atoms with Crippen molar-refractivity contribution < 1.29 is 33.0 Å². The number of hydrogen-bond donors (Lipinski definition) is 3. The molecule has 2 amide bonds. The van der Waals surface area contributed by atoms with Crippen LogP contribution >= 0.6 is 11.6 Å². The average molecular weight is 654 g/mol. The van der Waals surface area contributed by atoms with E-state index < -0.39 is 46.8 Å². The summed E-state index contributed by atoms with van der Waals surface area (Å²) in [6, 6.07) is 10.7. The van der Waals surface area contributed by atoms with Crippen LogP contribution in [-0.4, -0.2) is 78.2 Å². The number of imide groups is 1. The molecule has 0 unspecified atom stereocenters. The maximum absolute atomic E-state index is 13.7. The SMILES string of the molecule is COC(=O)N(C(=O)[C@@H](N)Cc1ccccc1Cl)[C@H](CCC[C@@H](CO)N(CCC(C)C)S(=O)(=O)c1ccc(CO)cc1)C(C)C. The van der Waals surface area contributed by atoms with Gasteiger partial charge in [0.1, 0.15) is 0 Å². The van der Waals surface area contributed by atoms with Gasteiger partial charge in [0.2, 0.25) is 15.9 Å². The fraction of sp³-hybridized carbons (Fsp3) is 0.562. The van der Waals surface area contributed by atoms with E-state index in [2.05, 4.69) is 0 Å². The van der Waals surface area contributed by atoms with Crippen molar-refractivity contribution in [3.05, 3.63) is 64.7 Å². The zero-order valence-corrected chi connectivity index (χ0v) is 27.9. The van der Waals surface area contributed by atoms with Gasteiger partial charge in [0.15, 0.2) is 0 Å². The third-order valence-corrected chi connectivity index (χ3v) is 10.1. The number of hydrogen-bond acceptors (Lipinski definition) is 8. The summed E-state index contributed by atoms with van der Waals surface area (Å²) in [4.78, 5) is 27.6. The van der Waals surface area contributed by atoms with E-state index in [1.807, 2.05) is 27.7 Å². The van der Waals surface area contributed by atoms with Gasteiger partial charge in [-0.25, -0.2) is 18.1 Å². The van der Waals surface area contributed by atoms with Crippen LogP contribution in [-0.2, 0) is 32.6 Å². The zero-order valence-electron chi connectivity index (χ0n) is 26.4. The van der Waals surface area contributed by atoms with E-state index in [0.717, 1.165) is 4.90 Å². The van der Waals surface area contributed by atoms with Gasteiger partial charge in [-0.05, 0) is 73.3 Å². The number of carbonyl (C=O) groups excluding carboxylic acids is 2. The topological polar surface area (TPSA) is 150 Å². The highest BCUT2D eigenvalue weighted by Crippen LogP contribution is 2.26. The molecule has 0 spiro atoms. The minimum absolute atomic E-state index is 0.0759. The van der Waals surface area contributed by atoms with Crippen LogP contribution in [0.4, 0.5) is 4.79 Å². The number of carbonyl (C=O) groups is 2. The third-order valence-electron chi connectivity index (χ3n) is 7.72. The van der Waals surface area contributed by atoms with Crippen molar-refractivity contribution in [2.24, 2.45) is 17.6 Å². The number of ether oxygens (including phenoxy) is 1. The number of benzene rings is 2. The molecule has 0 aliphatic rings. The van der Waals surface area contributed by atoms with Crippen LogP contribution in [0, 0.1) is 11.8 Å². The number of nitrogens with two attached hydrogens (primary N) is 1. The Morgan fingerprint density at radius 3 is 2.14 bits per heavy atom. The van der Waals surface area contributed by atoms with Gasteiger partial charge in [0, 0.05) is 23.7 Å². The van der Waals surface area contributed by atoms with Gasteiger partial charge >= 0.3 is 6.09 Å². The van der Waals surface area contributed by atoms with Crippen LogP contribution in [0.1, 0.15) is 64.5 Å². The highest BCUT2D eigenvalue weighted by atomic mass is 35.5. The van der Waals surface area contributed by atoms with Gasteiger partial charge in [-0.15, -0.1) is 0 Å². The van der Waals surface area contributed by atoms with Crippen LogP contribution in [0.5, 0.6) is 0 Å². The highest BCUT2D eigenvalue weighted by molar-refractivity contribution is 7.89. The van der Waals surface area contributed by atoms with Crippen molar-refractivity contribution in [3.63, 3.8) is 0 Å². The van der Waals surface area contributed by atoms with Crippen molar-refractivity contribution >= 4 is 33.6 Å². The Labute approximate surface area is 267 Å². The maximum atomic E-state index is 13.7. The molecule has 2 aromatic rings. The second kappa shape index (κ2) is 17.8. The predicted octanol–water partition coefficient (Wildman–Crippen LogP) is 4.59. The van der Waals surface area contributed by atoms with E-state index in [4.69, 9.17) is 22.1 Å². The smallest absolute Gasteiger partial charge is 0.416 e. The minimum atomic E-state index is -3.97. The van der Waals surface area contributed by atoms with Gasteiger partial charge in [-0.1, -0.05) is 69.6 Å². The molecule has 44 heavy (non-hydrogen) atoms. The molecule has 0 saturated heterocycles. The molecule has 2 rings (SSSR count). The summed E-state index contributed by atoms with van der Waals surface area (Å²) < 4.78 is 33.8. The second-order valence-corrected chi connectivity index (χ2v) is 14.1. The molecule has 0 saturated carbocycles. The Morgan fingerprint density at radius 1 is 0.977 bits per heavy atom. The predicted molar refractivity (Wildman–Crippen MR) is 171 cm³/mol. The summed E-state index contributed by atoms with van der Waals surface area (Å²) in [5.41, 5.74) is 7.56. The minimum Gasteiger partial charge on any atom is -0.452 e. The van der Waals surface area contributed by atoms with Gasteiger partial charge < -0.3 is 20.7 Å². The van der Waals surface area contributed by atoms with Crippen molar-refractivity contribution in [1.82, 2.24) is 9.21 Å². The molecule has 0 radical (unpaired) electrons. The Hall–Kier alpha value is -2.54. The lowest BCUT2D eigenvalue weighted by Gasteiger charge is -2.34. The van der Waals surface area contributed by atoms with Gasteiger partial charge in [0.25, 0.3) is 0 Å². The zero-order chi connectivity index (χ0) is 33.0. The molecule has 0 aliphatic heterocycles. The number of aliphatic hydroxyl groups is 2. The quantitative estimate of drug-likeness (QED) is 0.224. The van der Waals surface area contributed by atoms with Crippen LogP contribution in [0.2, 0.25) is 5.02 Å². The number of amides is 2. The summed E-state index contributed by atoms with van der Waals surface area (Å²) in [7, 11) is -2.77. The van der Waals surface area contributed by atoms with Crippen molar-refractivity contribution in [2.45, 2.75) is 89.4 Å². The third kappa shape index (κ3) is 10.3. The highest BCUT2D eigenvalue weighted by Gasteiger charge is 2.36. The first-order valence-corrected chi connectivity index (χ1v) is 16.8. The molecule has 246 valence electrons. The molecule has 2 aromatic carbocycles. The Bertz CT molecular complexity index is 1310. The largest absolute Gasteiger partial charge is 0.452 e. The number of nitrogens with zero attached hydrogens (tertiary/aromatic N) is 2. The molecule has 12 heteroatoms. The van der Waals surface area contributed by atoms with E-state index in [1.165, 1.54) is 23.5 Å². The van der Waals surface area contributed by atoms with Crippen LogP contribution in [0.15, 0.2) is 53.4 Å². The number of halogens is 1. The molecule has 0 aromatic heterocycles. The van der Waals surface area contributed by atoms with Gasteiger partial charge in [0.05, 0.1) is 31.3 Å². The van der Waals surface area contributed by atoms with Crippen LogP contribution in [0.3, 0.4) is 0 Å². The van der Waals surface area contributed by atoms with Crippen LogP contribution < -0.4 is 5.73 Å². The van der Waals surface area contributed by atoms with Crippen molar-refractivity contribution in [1.29, 1.82) is 0 Å². The molecular weight excluding hydrogens is 606 g/mol. The molecule has 0 aliphatic carbocycles. The summed E-state index contributed by atoms with van der Waals surface area (Å²) in [5.74, 6) is -0.533. The standard InChI is InChI=1S/C32H48ClN3O7S/c1-22(2)17-18-35(44(41,42)27-15-13-24(20-37)14-16-27)26(21-38)10-8-12-30(23(3)4)36(32(40)43-5)31(39)29(34)19-25-9-6-7-11-28(25)33/h6-7,9,11,13-16,22-23,26,29-30,37-38H,8,10,12,17-21,34H2,1-5H3/t26-,29-,30+/m0/s1. The van der Waals surface area contributed by atoms with E-state index in [9.17, 15) is 28.2 Å². The monoisotopic (exact) mass is 653 g/mol. The normalized spacial score (nSPS) is 14.1. The summed E-state index contributed by atoms with van der Waals surface area (Å²) in [6.45, 7) is 7.36. The Kier molecular flexibility index (Phi) is 15.2. The fourth-order valence-corrected chi connectivity index (χ4v) is 6.96. The lowest BCUT2D eigenvalue weighted by Crippen LogP contribution is -2.54. The summed E-state index contributed by atoms with van der Waals surface area (Å²) in [6.07, 6.45) is 0.941. The lowest BCUT2D eigenvalue weighted by molar-refractivity contribution is -0.133. The van der Waals surface area contributed by atoms with E-state index in [0.29, 0.717) is 41.8 Å². The Morgan fingerprint density at radius 2 is 1.61 bits per heavy atom. The van der Waals surface area contributed by atoms with Gasteiger partial charge in [-0.2, -0.15) is 4.31 Å². The first-order chi connectivity index (χ1) is 20.8. The Balaban J connectivity index is 2.28. The maximum Gasteiger partial charge on any atom is 0.416 e. The van der Waals surface area contributed by atoms with E-state index in [1.54, 1.807) is 36.4 Å². The fourth-order valence-electron chi connectivity index (χ4n) is 5.09. The van der Waals surface area contributed by atoms with Gasteiger partial charge in [-0.3, -0.25) is 4.79 Å². The lowest BCUT2D eigenvalue weighted by atomic mass is 9.94. The molecule has 0 heterocycles. The summed E-state index contributed by atoms with van der Waals surface area (Å²) in [5, 5.41) is 20.2.